The number of aliphatic hydroxyl groups is 2. The second-order valence-corrected chi connectivity index (χ2v) is 13.8. The van der Waals surface area contributed by atoms with Gasteiger partial charge in [-0.2, -0.15) is 0 Å². The van der Waals surface area contributed by atoms with Crippen LogP contribution in [0.4, 0.5) is 0 Å². The van der Waals surface area contributed by atoms with Crippen molar-refractivity contribution >= 4 is 5.91 Å². The van der Waals surface area contributed by atoms with Gasteiger partial charge in [0.05, 0.1) is 18.8 Å². The number of hydrogen-bond donors (Lipinski definition) is 3. The van der Waals surface area contributed by atoms with Crippen LogP contribution < -0.4 is 5.32 Å². The average molecular weight is 608 g/mol. The minimum absolute atomic E-state index is 0.0631. The van der Waals surface area contributed by atoms with Gasteiger partial charge < -0.3 is 15.5 Å². The van der Waals surface area contributed by atoms with E-state index in [1.54, 1.807) is 6.08 Å². The van der Waals surface area contributed by atoms with Crippen molar-refractivity contribution in [3.05, 3.63) is 12.2 Å². The van der Waals surface area contributed by atoms with E-state index in [9.17, 15) is 15.0 Å². The number of allylic oxidation sites excluding steroid dienone is 1. The first-order valence-electron chi connectivity index (χ1n) is 19.3. The van der Waals surface area contributed by atoms with Crippen molar-refractivity contribution in [2.24, 2.45) is 5.92 Å². The third-order valence-corrected chi connectivity index (χ3v) is 8.95. The minimum atomic E-state index is -0.833. The molecule has 0 spiro atoms. The van der Waals surface area contributed by atoms with Gasteiger partial charge in [-0.15, -0.1) is 0 Å². The lowest BCUT2D eigenvalue weighted by Crippen LogP contribution is -2.45. The molecule has 0 bridgehead atoms. The second kappa shape index (κ2) is 34.0. The summed E-state index contributed by atoms with van der Waals surface area (Å²) in [5, 5.41) is 22.9. The normalized spacial score (nSPS) is 13.3. The Morgan fingerprint density at radius 1 is 0.605 bits per heavy atom. The molecule has 0 fully saturated rings. The third-order valence-electron chi connectivity index (χ3n) is 8.95. The zero-order valence-electron chi connectivity index (χ0n) is 29.4. The van der Waals surface area contributed by atoms with E-state index in [-0.39, 0.29) is 12.5 Å². The fourth-order valence-corrected chi connectivity index (χ4v) is 5.95. The molecule has 4 nitrogen and oxygen atoms in total. The van der Waals surface area contributed by atoms with Crippen molar-refractivity contribution in [2.75, 3.05) is 6.61 Å². The molecule has 1 amide bonds. The SMILES string of the molecule is CCCCCCCCCCCCCCCCCCCCCC(=O)NC(CO)C(O)C=CCCCCCCCCCC(C)C. The van der Waals surface area contributed by atoms with Crippen LogP contribution in [0.2, 0.25) is 0 Å². The lowest BCUT2D eigenvalue weighted by Gasteiger charge is -2.20. The average Bonchev–Trinajstić information content (AvgIpc) is 2.99. The fraction of sp³-hybridized carbons (Fsp3) is 0.923. The molecule has 0 aliphatic carbocycles. The Bertz CT molecular complexity index is 591. The lowest BCUT2D eigenvalue weighted by molar-refractivity contribution is -0.123. The summed E-state index contributed by atoms with van der Waals surface area (Å²) in [6, 6.07) is -0.616. The molecule has 0 saturated carbocycles. The van der Waals surface area contributed by atoms with E-state index in [0.29, 0.717) is 6.42 Å². The molecule has 0 aliphatic rings. The number of rotatable bonds is 34. The van der Waals surface area contributed by atoms with Crippen LogP contribution in [0.1, 0.15) is 207 Å². The second-order valence-electron chi connectivity index (χ2n) is 13.8. The number of hydrogen-bond acceptors (Lipinski definition) is 3. The molecule has 0 aromatic rings. The Labute approximate surface area is 269 Å². The maximum absolute atomic E-state index is 12.3. The lowest BCUT2D eigenvalue weighted by atomic mass is 10.0. The summed E-state index contributed by atoms with van der Waals surface area (Å²) in [7, 11) is 0. The topological polar surface area (TPSA) is 69.6 Å². The molecule has 0 rings (SSSR count). The summed E-state index contributed by atoms with van der Waals surface area (Å²) in [6.07, 6.45) is 40.2. The molecule has 0 aliphatic heterocycles. The third kappa shape index (κ3) is 32.3. The molecule has 0 heterocycles. The van der Waals surface area contributed by atoms with Gasteiger partial charge in [0, 0.05) is 6.42 Å². The highest BCUT2D eigenvalue weighted by molar-refractivity contribution is 5.76. The van der Waals surface area contributed by atoms with Gasteiger partial charge in [0.25, 0.3) is 0 Å². The summed E-state index contributed by atoms with van der Waals surface area (Å²) in [6.45, 7) is 6.64. The van der Waals surface area contributed by atoms with Gasteiger partial charge in [0.1, 0.15) is 0 Å². The Hall–Kier alpha value is -0.870. The van der Waals surface area contributed by atoms with E-state index in [0.717, 1.165) is 31.6 Å². The summed E-state index contributed by atoms with van der Waals surface area (Å²) in [5.41, 5.74) is 0. The van der Waals surface area contributed by atoms with E-state index in [2.05, 4.69) is 26.1 Å². The van der Waals surface area contributed by atoms with Crippen LogP contribution in [0.25, 0.3) is 0 Å². The van der Waals surface area contributed by atoms with Crippen molar-refractivity contribution in [3.8, 4) is 0 Å². The highest BCUT2D eigenvalue weighted by Gasteiger charge is 2.17. The Morgan fingerprint density at radius 2 is 1.00 bits per heavy atom. The maximum Gasteiger partial charge on any atom is 0.220 e. The molecule has 43 heavy (non-hydrogen) atoms. The summed E-state index contributed by atoms with van der Waals surface area (Å²) in [4.78, 5) is 12.3. The molecule has 2 atom stereocenters. The first-order valence-corrected chi connectivity index (χ1v) is 19.3. The zero-order chi connectivity index (χ0) is 31.6. The smallest absolute Gasteiger partial charge is 0.220 e. The van der Waals surface area contributed by atoms with Gasteiger partial charge >= 0.3 is 0 Å². The standard InChI is InChI=1S/C39H77NO3/c1-4-5-6-7-8-9-10-11-12-13-14-15-16-17-18-22-25-28-31-34-39(43)40-37(35-41)38(42)33-30-27-24-21-19-20-23-26-29-32-36(2)3/h30,33,36-38,41-42H,4-29,31-32,34-35H2,1-3H3,(H,40,43). The van der Waals surface area contributed by atoms with Crippen molar-refractivity contribution in [3.63, 3.8) is 0 Å². The molecule has 4 heteroatoms. The Kier molecular flexibility index (Phi) is 33.3. The van der Waals surface area contributed by atoms with Crippen LogP contribution in [-0.4, -0.2) is 34.9 Å². The molecule has 0 radical (unpaired) electrons. The van der Waals surface area contributed by atoms with Gasteiger partial charge in [-0.3, -0.25) is 4.79 Å². The highest BCUT2D eigenvalue weighted by Crippen LogP contribution is 2.15. The minimum Gasteiger partial charge on any atom is -0.394 e. The van der Waals surface area contributed by atoms with Crippen molar-refractivity contribution < 1.29 is 15.0 Å². The van der Waals surface area contributed by atoms with Gasteiger partial charge in [-0.1, -0.05) is 193 Å². The maximum atomic E-state index is 12.3. The molecular formula is C39H77NO3. The van der Waals surface area contributed by atoms with E-state index < -0.39 is 12.1 Å². The first kappa shape index (κ1) is 42.1. The number of amides is 1. The molecule has 2 unspecified atom stereocenters. The van der Waals surface area contributed by atoms with Gasteiger partial charge in [0.2, 0.25) is 5.91 Å². The first-order chi connectivity index (χ1) is 21.0. The molecular weight excluding hydrogens is 530 g/mol. The summed E-state index contributed by atoms with van der Waals surface area (Å²) >= 11 is 0. The quantitative estimate of drug-likeness (QED) is 0.0503. The van der Waals surface area contributed by atoms with E-state index in [1.807, 2.05) is 6.08 Å². The van der Waals surface area contributed by atoms with Crippen LogP contribution in [0.3, 0.4) is 0 Å². The van der Waals surface area contributed by atoms with Crippen LogP contribution in [0, 0.1) is 5.92 Å². The monoisotopic (exact) mass is 608 g/mol. The fourth-order valence-electron chi connectivity index (χ4n) is 5.95. The van der Waals surface area contributed by atoms with E-state index in [1.165, 1.54) is 154 Å². The van der Waals surface area contributed by atoms with Crippen molar-refractivity contribution in [2.45, 2.75) is 219 Å². The molecule has 3 N–H and O–H groups in total. The number of aliphatic hydroxyl groups excluding tert-OH is 2. The summed E-state index contributed by atoms with van der Waals surface area (Å²) in [5.74, 6) is 0.760. The Balaban J connectivity index is 3.55. The van der Waals surface area contributed by atoms with Gasteiger partial charge in [-0.05, 0) is 25.2 Å². The predicted octanol–water partition coefficient (Wildman–Crippen LogP) is 11.4. The largest absolute Gasteiger partial charge is 0.394 e. The van der Waals surface area contributed by atoms with Crippen LogP contribution in [-0.2, 0) is 4.79 Å². The van der Waals surface area contributed by atoms with Gasteiger partial charge in [-0.25, -0.2) is 0 Å². The number of nitrogens with one attached hydrogen (secondary N) is 1. The van der Waals surface area contributed by atoms with E-state index >= 15 is 0 Å². The van der Waals surface area contributed by atoms with Crippen LogP contribution in [0.5, 0.6) is 0 Å². The molecule has 256 valence electrons. The molecule has 0 saturated heterocycles. The van der Waals surface area contributed by atoms with Crippen molar-refractivity contribution in [1.82, 2.24) is 5.32 Å². The number of carbonyl (C=O) groups excluding carboxylic acids is 1. The van der Waals surface area contributed by atoms with Crippen LogP contribution >= 0.6 is 0 Å². The molecule has 0 aromatic heterocycles. The Morgan fingerprint density at radius 3 is 1.42 bits per heavy atom. The van der Waals surface area contributed by atoms with E-state index in [4.69, 9.17) is 0 Å². The highest BCUT2D eigenvalue weighted by atomic mass is 16.3. The zero-order valence-corrected chi connectivity index (χ0v) is 29.4. The van der Waals surface area contributed by atoms with Gasteiger partial charge in [0.15, 0.2) is 0 Å². The van der Waals surface area contributed by atoms with Crippen LogP contribution in [0.15, 0.2) is 12.2 Å². The number of unbranched alkanes of at least 4 members (excludes halogenated alkanes) is 25. The molecule has 0 aromatic carbocycles. The summed E-state index contributed by atoms with van der Waals surface area (Å²) < 4.78 is 0. The van der Waals surface area contributed by atoms with Crippen molar-refractivity contribution in [1.29, 1.82) is 0 Å². The predicted molar refractivity (Wildman–Crippen MR) is 189 cm³/mol. The number of carbonyl (C=O) groups is 1.